The van der Waals surface area contributed by atoms with Gasteiger partial charge in [0.2, 0.25) is 0 Å². The quantitative estimate of drug-likeness (QED) is 0.408. The van der Waals surface area contributed by atoms with E-state index in [-0.39, 0.29) is 12.3 Å². The van der Waals surface area contributed by atoms with Crippen molar-refractivity contribution in [1.29, 1.82) is 0 Å². The van der Waals surface area contributed by atoms with Crippen LogP contribution in [-0.2, 0) is 9.59 Å². The van der Waals surface area contributed by atoms with Crippen LogP contribution in [0.1, 0.15) is 80.1 Å². The molecule has 0 aliphatic heterocycles. The van der Waals surface area contributed by atoms with Crippen LogP contribution in [-0.4, -0.2) is 17.4 Å². The molecule has 134 valence electrons. The van der Waals surface area contributed by atoms with Crippen molar-refractivity contribution >= 4 is 12.3 Å². The summed E-state index contributed by atoms with van der Waals surface area (Å²) in [4.78, 5) is 20.4. The Morgan fingerprint density at radius 2 is 1.35 bits per heavy atom. The van der Waals surface area contributed by atoms with Crippen molar-refractivity contribution in [3.8, 4) is 0 Å². The van der Waals surface area contributed by atoms with Gasteiger partial charge in [0.05, 0.1) is 0 Å². The molecule has 3 heteroatoms. The molecule has 0 saturated heterocycles. The van der Waals surface area contributed by atoms with Gasteiger partial charge in [-0.2, -0.15) is 0 Å². The first-order chi connectivity index (χ1) is 10.7. The maximum absolute atomic E-state index is 10.3. The van der Waals surface area contributed by atoms with Crippen molar-refractivity contribution in [3.63, 3.8) is 0 Å². The Hall–Kier alpha value is -1.38. The van der Waals surface area contributed by atoms with Crippen LogP contribution in [0, 0.1) is 11.8 Å². The summed E-state index contributed by atoms with van der Waals surface area (Å²) in [6, 6.07) is 0. The van der Waals surface area contributed by atoms with Crippen LogP contribution in [0.3, 0.4) is 0 Å². The molecule has 0 spiro atoms. The molecule has 0 aromatic carbocycles. The first kappa shape index (κ1) is 23.9. The van der Waals surface area contributed by atoms with E-state index in [2.05, 4.69) is 46.8 Å². The van der Waals surface area contributed by atoms with Gasteiger partial charge in [-0.1, -0.05) is 37.1 Å². The number of aldehydes is 1. The average Bonchev–Trinajstić information content (AvgIpc) is 2.37. The molecule has 3 nitrogen and oxygen atoms in total. The van der Waals surface area contributed by atoms with Crippen LogP contribution in [0.2, 0.25) is 0 Å². The standard InChI is InChI=1S/C10H18O2.C10H18O/c1-8(2)5-4-6-9(3)7-10(11)12;1-9(2)5-4-6-10(3)7-8-11/h5,9H,4,6-7H2,1-3H3,(H,11,12);5,8,10H,4,6-7H2,1-3H3/t9-;10-/m01/s1. The van der Waals surface area contributed by atoms with Gasteiger partial charge >= 0.3 is 5.97 Å². The van der Waals surface area contributed by atoms with Crippen molar-refractivity contribution in [2.24, 2.45) is 11.8 Å². The summed E-state index contributed by atoms with van der Waals surface area (Å²) >= 11 is 0. The molecule has 0 saturated carbocycles. The highest BCUT2D eigenvalue weighted by Gasteiger charge is 2.05. The van der Waals surface area contributed by atoms with Crippen LogP contribution >= 0.6 is 0 Å². The Kier molecular flexibility index (Phi) is 16.1. The monoisotopic (exact) mass is 324 g/mol. The number of rotatable bonds is 10. The summed E-state index contributed by atoms with van der Waals surface area (Å²) in [5.41, 5.74) is 2.67. The van der Waals surface area contributed by atoms with Gasteiger partial charge in [0.25, 0.3) is 0 Å². The minimum Gasteiger partial charge on any atom is -0.481 e. The fraction of sp³-hybridized carbons (Fsp3) is 0.700. The lowest BCUT2D eigenvalue weighted by Crippen LogP contribution is -2.03. The summed E-state index contributed by atoms with van der Waals surface area (Å²) in [6.45, 7) is 12.4. The smallest absolute Gasteiger partial charge is 0.303 e. The van der Waals surface area contributed by atoms with Crippen LogP contribution in [0.15, 0.2) is 23.3 Å². The maximum Gasteiger partial charge on any atom is 0.303 e. The highest BCUT2D eigenvalue weighted by atomic mass is 16.4. The van der Waals surface area contributed by atoms with E-state index in [1.165, 1.54) is 11.1 Å². The third-order valence-electron chi connectivity index (χ3n) is 3.45. The van der Waals surface area contributed by atoms with Gasteiger partial charge in [-0.3, -0.25) is 4.79 Å². The third-order valence-corrected chi connectivity index (χ3v) is 3.45. The predicted octanol–water partition coefficient (Wildman–Crippen LogP) is 5.80. The summed E-state index contributed by atoms with van der Waals surface area (Å²) in [5.74, 6) is 0.140. The summed E-state index contributed by atoms with van der Waals surface area (Å²) in [6.07, 6.45) is 10.6. The molecular formula is C20H36O3. The summed E-state index contributed by atoms with van der Waals surface area (Å²) in [7, 11) is 0. The SMILES string of the molecule is CC(C)=CCC[C@@H](C)CC=O.CC(C)=CCC[C@H](C)CC(=O)O. The number of hydrogen-bond acceptors (Lipinski definition) is 2. The fourth-order valence-electron chi connectivity index (χ4n) is 2.00. The van der Waals surface area contributed by atoms with E-state index >= 15 is 0 Å². The molecule has 0 fully saturated rings. The number of aliphatic carboxylic acids is 1. The summed E-state index contributed by atoms with van der Waals surface area (Å²) in [5, 5.41) is 8.48. The molecule has 0 amide bonds. The second kappa shape index (κ2) is 15.5. The summed E-state index contributed by atoms with van der Waals surface area (Å²) < 4.78 is 0. The zero-order valence-electron chi connectivity index (χ0n) is 15.9. The molecular weight excluding hydrogens is 288 g/mol. The molecule has 0 heterocycles. The van der Waals surface area contributed by atoms with Crippen molar-refractivity contribution in [2.75, 3.05) is 0 Å². The molecule has 0 unspecified atom stereocenters. The second-order valence-corrected chi connectivity index (χ2v) is 6.93. The van der Waals surface area contributed by atoms with Crippen molar-refractivity contribution in [1.82, 2.24) is 0 Å². The minimum absolute atomic E-state index is 0.288. The molecule has 0 rings (SSSR count). The molecule has 0 aliphatic rings. The Morgan fingerprint density at radius 3 is 1.70 bits per heavy atom. The van der Waals surface area contributed by atoms with E-state index in [1.807, 2.05) is 6.92 Å². The number of carboxylic acids is 1. The molecule has 0 radical (unpaired) electrons. The van der Waals surface area contributed by atoms with E-state index < -0.39 is 5.97 Å². The van der Waals surface area contributed by atoms with Crippen LogP contribution in [0.5, 0.6) is 0 Å². The van der Waals surface area contributed by atoms with E-state index in [9.17, 15) is 9.59 Å². The van der Waals surface area contributed by atoms with Crippen molar-refractivity contribution in [3.05, 3.63) is 23.3 Å². The maximum atomic E-state index is 10.3. The van der Waals surface area contributed by atoms with Gasteiger partial charge in [-0.05, 0) is 65.2 Å². The Balaban J connectivity index is 0. The number of carboxylic acid groups (broad SMARTS) is 1. The van der Waals surface area contributed by atoms with Gasteiger partial charge in [-0.25, -0.2) is 0 Å². The number of carbonyl (C=O) groups is 2. The van der Waals surface area contributed by atoms with E-state index in [0.29, 0.717) is 12.3 Å². The number of carbonyl (C=O) groups excluding carboxylic acids is 1. The first-order valence-corrected chi connectivity index (χ1v) is 8.61. The van der Waals surface area contributed by atoms with E-state index in [0.717, 1.165) is 32.0 Å². The third kappa shape index (κ3) is 23.0. The fourth-order valence-corrected chi connectivity index (χ4v) is 2.00. The topological polar surface area (TPSA) is 54.4 Å². The van der Waals surface area contributed by atoms with Crippen LogP contribution in [0.25, 0.3) is 0 Å². The predicted molar refractivity (Wildman–Crippen MR) is 98.6 cm³/mol. The largest absolute Gasteiger partial charge is 0.481 e. The molecule has 0 aromatic rings. The van der Waals surface area contributed by atoms with Crippen LogP contribution < -0.4 is 0 Å². The Labute approximate surface area is 142 Å². The minimum atomic E-state index is -0.695. The molecule has 2 atom stereocenters. The van der Waals surface area contributed by atoms with E-state index in [1.54, 1.807) is 0 Å². The highest BCUT2D eigenvalue weighted by Crippen LogP contribution is 2.11. The number of allylic oxidation sites excluding steroid dienone is 4. The lowest BCUT2D eigenvalue weighted by Gasteiger charge is -2.05. The molecule has 0 aromatic heterocycles. The second-order valence-electron chi connectivity index (χ2n) is 6.93. The van der Waals surface area contributed by atoms with Crippen molar-refractivity contribution < 1.29 is 14.7 Å². The zero-order chi connectivity index (χ0) is 18.3. The Bertz CT molecular complexity index is 372. The first-order valence-electron chi connectivity index (χ1n) is 8.61. The average molecular weight is 325 g/mol. The molecule has 23 heavy (non-hydrogen) atoms. The lowest BCUT2D eigenvalue weighted by atomic mass is 10.0. The van der Waals surface area contributed by atoms with Gasteiger partial charge < -0.3 is 9.90 Å². The van der Waals surface area contributed by atoms with Gasteiger partial charge in [0.15, 0.2) is 0 Å². The molecule has 1 N–H and O–H groups in total. The van der Waals surface area contributed by atoms with Gasteiger partial charge in [0.1, 0.15) is 6.29 Å². The lowest BCUT2D eigenvalue weighted by molar-refractivity contribution is -0.138. The van der Waals surface area contributed by atoms with Gasteiger partial charge in [0, 0.05) is 12.8 Å². The van der Waals surface area contributed by atoms with Crippen LogP contribution in [0.4, 0.5) is 0 Å². The van der Waals surface area contributed by atoms with Crippen molar-refractivity contribution in [2.45, 2.75) is 80.1 Å². The van der Waals surface area contributed by atoms with Gasteiger partial charge in [-0.15, -0.1) is 0 Å². The normalized spacial score (nSPS) is 12.3. The highest BCUT2D eigenvalue weighted by molar-refractivity contribution is 5.66. The zero-order valence-corrected chi connectivity index (χ0v) is 15.9. The number of hydrogen-bond donors (Lipinski definition) is 1. The van der Waals surface area contributed by atoms with E-state index in [4.69, 9.17) is 5.11 Å². The molecule has 0 bridgehead atoms. The molecule has 0 aliphatic carbocycles. The Morgan fingerprint density at radius 1 is 0.913 bits per heavy atom.